The van der Waals surface area contributed by atoms with Gasteiger partial charge in [0.05, 0.1) is 0 Å². The Balaban J connectivity index is 0.00000400. The molecule has 4 heteroatoms. The van der Waals surface area contributed by atoms with E-state index in [0.717, 1.165) is 38.5 Å². The average Bonchev–Trinajstić information content (AvgIpc) is 2.37. The van der Waals surface area contributed by atoms with Crippen molar-refractivity contribution in [2.75, 3.05) is 26.2 Å². The molecule has 1 fully saturated rings. The Morgan fingerprint density at radius 1 is 1.05 bits per heavy atom. The van der Waals surface area contributed by atoms with E-state index in [0.29, 0.717) is 23.7 Å². The first-order valence-electron chi connectivity index (χ1n) is 8.38. The summed E-state index contributed by atoms with van der Waals surface area (Å²) < 4.78 is 0. The van der Waals surface area contributed by atoms with Crippen LogP contribution >= 0.6 is 12.4 Å². The molecule has 21 heavy (non-hydrogen) atoms. The van der Waals surface area contributed by atoms with Crippen LogP contribution < -0.4 is 5.32 Å². The molecule has 0 aliphatic carbocycles. The fraction of sp³-hybridized carbons (Fsp3) is 0.941. The number of hydrogen-bond acceptors (Lipinski definition) is 2. The lowest BCUT2D eigenvalue weighted by molar-refractivity contribution is -0.133. The van der Waals surface area contributed by atoms with E-state index in [1.165, 1.54) is 12.8 Å². The third-order valence-electron chi connectivity index (χ3n) is 4.21. The molecule has 0 bridgehead atoms. The van der Waals surface area contributed by atoms with E-state index in [1.807, 2.05) is 0 Å². The first-order valence-corrected chi connectivity index (χ1v) is 8.38. The standard InChI is InChI=1S/C17H34N2O.ClH/c1-13(2)11-19(12-14(3)4)17(20)10-15(5)16-6-8-18-9-7-16;/h13-16,18H,6-12H2,1-5H3;1H. The van der Waals surface area contributed by atoms with Crippen LogP contribution in [0.15, 0.2) is 0 Å². The third kappa shape index (κ3) is 8.06. The number of halogens is 1. The molecule has 0 radical (unpaired) electrons. The van der Waals surface area contributed by atoms with Gasteiger partial charge in [-0.25, -0.2) is 0 Å². The fourth-order valence-electron chi connectivity index (χ4n) is 3.14. The molecule has 3 nitrogen and oxygen atoms in total. The molecular formula is C17H35ClN2O. The van der Waals surface area contributed by atoms with E-state index >= 15 is 0 Å². The van der Waals surface area contributed by atoms with E-state index < -0.39 is 0 Å². The molecule has 126 valence electrons. The van der Waals surface area contributed by atoms with Crippen LogP contribution in [0.2, 0.25) is 0 Å². The molecule has 1 unspecified atom stereocenters. The molecule has 1 aliphatic heterocycles. The Morgan fingerprint density at radius 2 is 1.52 bits per heavy atom. The van der Waals surface area contributed by atoms with Crippen LogP contribution in [0.25, 0.3) is 0 Å². The zero-order valence-electron chi connectivity index (χ0n) is 14.5. The van der Waals surface area contributed by atoms with Gasteiger partial charge in [0.15, 0.2) is 0 Å². The summed E-state index contributed by atoms with van der Waals surface area (Å²) in [5.41, 5.74) is 0. The number of nitrogens with zero attached hydrogens (tertiary/aromatic N) is 1. The summed E-state index contributed by atoms with van der Waals surface area (Å²) >= 11 is 0. The van der Waals surface area contributed by atoms with Crippen molar-refractivity contribution in [1.29, 1.82) is 0 Å². The van der Waals surface area contributed by atoms with Crippen molar-refractivity contribution in [3.05, 3.63) is 0 Å². The number of hydrogen-bond donors (Lipinski definition) is 1. The highest BCUT2D eigenvalue weighted by atomic mass is 35.5. The SMILES string of the molecule is CC(C)CN(CC(C)C)C(=O)CC(C)C1CCNCC1.Cl. The molecule has 1 saturated heterocycles. The van der Waals surface area contributed by atoms with E-state index in [9.17, 15) is 4.79 Å². The highest BCUT2D eigenvalue weighted by Crippen LogP contribution is 2.25. The Kier molecular flexibility index (Phi) is 10.3. The molecule has 0 aromatic heterocycles. The molecule has 1 amide bonds. The van der Waals surface area contributed by atoms with Crippen molar-refractivity contribution < 1.29 is 4.79 Å². The van der Waals surface area contributed by atoms with Crippen molar-refractivity contribution >= 4 is 18.3 Å². The monoisotopic (exact) mass is 318 g/mol. The minimum Gasteiger partial charge on any atom is -0.342 e. The maximum Gasteiger partial charge on any atom is 0.222 e. The predicted molar refractivity (Wildman–Crippen MR) is 92.9 cm³/mol. The van der Waals surface area contributed by atoms with Crippen molar-refractivity contribution in [3.8, 4) is 0 Å². The normalized spacial score (nSPS) is 17.7. The molecule has 0 aromatic rings. The quantitative estimate of drug-likeness (QED) is 0.778. The number of carbonyl (C=O) groups is 1. The van der Waals surface area contributed by atoms with Gasteiger partial charge in [0.2, 0.25) is 5.91 Å². The largest absolute Gasteiger partial charge is 0.342 e. The maximum absolute atomic E-state index is 12.6. The third-order valence-corrected chi connectivity index (χ3v) is 4.21. The Bertz CT molecular complexity index is 279. The second-order valence-corrected chi connectivity index (χ2v) is 7.36. The minimum absolute atomic E-state index is 0. The first-order chi connectivity index (χ1) is 9.40. The van der Waals surface area contributed by atoms with Crippen LogP contribution in [0.1, 0.15) is 53.9 Å². The van der Waals surface area contributed by atoms with E-state index in [4.69, 9.17) is 0 Å². The minimum atomic E-state index is 0. The van der Waals surface area contributed by atoms with Crippen molar-refractivity contribution in [2.45, 2.75) is 53.9 Å². The van der Waals surface area contributed by atoms with Crippen LogP contribution in [-0.2, 0) is 4.79 Å². The van der Waals surface area contributed by atoms with E-state index in [-0.39, 0.29) is 12.4 Å². The van der Waals surface area contributed by atoms with Gasteiger partial charge < -0.3 is 10.2 Å². The number of rotatable bonds is 7. The molecule has 1 aliphatic rings. The zero-order valence-corrected chi connectivity index (χ0v) is 15.3. The summed E-state index contributed by atoms with van der Waals surface area (Å²) in [5.74, 6) is 2.70. The Hall–Kier alpha value is -0.280. The van der Waals surface area contributed by atoms with Gasteiger partial charge in [0, 0.05) is 19.5 Å². The molecule has 1 rings (SSSR count). The van der Waals surface area contributed by atoms with Gasteiger partial charge in [-0.2, -0.15) is 0 Å². The summed E-state index contributed by atoms with van der Waals surface area (Å²) in [6, 6.07) is 0. The van der Waals surface area contributed by atoms with Gasteiger partial charge >= 0.3 is 0 Å². The molecule has 1 atom stereocenters. The smallest absolute Gasteiger partial charge is 0.222 e. The summed E-state index contributed by atoms with van der Waals surface area (Å²) in [6.07, 6.45) is 3.18. The van der Waals surface area contributed by atoms with Gasteiger partial charge in [-0.3, -0.25) is 4.79 Å². The van der Waals surface area contributed by atoms with Crippen molar-refractivity contribution in [3.63, 3.8) is 0 Å². The Morgan fingerprint density at radius 3 is 1.95 bits per heavy atom. The van der Waals surface area contributed by atoms with Gasteiger partial charge in [-0.05, 0) is 49.6 Å². The second-order valence-electron chi connectivity index (χ2n) is 7.36. The van der Waals surface area contributed by atoms with Crippen LogP contribution in [0.3, 0.4) is 0 Å². The van der Waals surface area contributed by atoms with Crippen LogP contribution in [0.5, 0.6) is 0 Å². The lowest BCUT2D eigenvalue weighted by Crippen LogP contribution is -2.39. The molecule has 0 saturated carbocycles. The van der Waals surface area contributed by atoms with Gasteiger partial charge in [-0.1, -0.05) is 34.6 Å². The number of nitrogens with one attached hydrogen (secondary N) is 1. The summed E-state index contributed by atoms with van der Waals surface area (Å²) in [6.45, 7) is 15.1. The first kappa shape index (κ1) is 20.7. The highest BCUT2D eigenvalue weighted by Gasteiger charge is 2.24. The maximum atomic E-state index is 12.6. The van der Waals surface area contributed by atoms with Gasteiger partial charge in [0.25, 0.3) is 0 Å². The van der Waals surface area contributed by atoms with Crippen LogP contribution in [0.4, 0.5) is 0 Å². The molecular weight excluding hydrogens is 284 g/mol. The second kappa shape index (κ2) is 10.4. The number of carbonyl (C=O) groups excluding carboxylic acids is 1. The lowest BCUT2D eigenvalue weighted by atomic mass is 9.84. The zero-order chi connectivity index (χ0) is 15.1. The van der Waals surface area contributed by atoms with Gasteiger partial charge in [-0.15, -0.1) is 12.4 Å². The van der Waals surface area contributed by atoms with E-state index in [2.05, 4.69) is 44.8 Å². The topological polar surface area (TPSA) is 32.3 Å². The highest BCUT2D eigenvalue weighted by molar-refractivity contribution is 5.85. The molecule has 0 spiro atoms. The summed E-state index contributed by atoms with van der Waals surface area (Å²) in [5, 5.41) is 3.40. The van der Waals surface area contributed by atoms with Gasteiger partial charge in [0.1, 0.15) is 0 Å². The number of amides is 1. The molecule has 1 N–H and O–H groups in total. The van der Waals surface area contributed by atoms with Crippen molar-refractivity contribution in [2.24, 2.45) is 23.7 Å². The summed E-state index contributed by atoms with van der Waals surface area (Å²) in [7, 11) is 0. The van der Waals surface area contributed by atoms with Crippen LogP contribution in [0, 0.1) is 23.7 Å². The average molecular weight is 319 g/mol. The summed E-state index contributed by atoms with van der Waals surface area (Å²) in [4.78, 5) is 14.7. The van der Waals surface area contributed by atoms with E-state index in [1.54, 1.807) is 0 Å². The lowest BCUT2D eigenvalue weighted by Gasteiger charge is -2.31. The Labute approximate surface area is 137 Å². The number of piperidine rings is 1. The predicted octanol–water partition coefficient (Wildman–Crippen LogP) is 3.57. The van der Waals surface area contributed by atoms with Crippen LogP contribution in [-0.4, -0.2) is 37.0 Å². The molecule has 0 aromatic carbocycles. The molecule has 1 heterocycles. The van der Waals surface area contributed by atoms with Crippen molar-refractivity contribution in [1.82, 2.24) is 10.2 Å². The fourth-order valence-corrected chi connectivity index (χ4v) is 3.14.